The van der Waals surface area contributed by atoms with Crippen molar-refractivity contribution in [1.82, 2.24) is 4.98 Å². The van der Waals surface area contributed by atoms with Gasteiger partial charge in [0.15, 0.2) is 0 Å². The molecule has 2 heterocycles. The highest BCUT2D eigenvalue weighted by Crippen LogP contribution is 2.31. The van der Waals surface area contributed by atoms with Crippen molar-refractivity contribution < 1.29 is 18.7 Å². The Balaban J connectivity index is 1.88. The number of methoxy groups -OCH3 is 2. The number of anilines is 1. The maximum atomic E-state index is 13.1. The van der Waals surface area contributed by atoms with Crippen LogP contribution in [0.5, 0.6) is 11.5 Å². The third-order valence-electron chi connectivity index (χ3n) is 4.64. The Morgan fingerprint density at radius 1 is 1.00 bits per heavy atom. The van der Waals surface area contributed by atoms with Gasteiger partial charge in [-0.2, -0.15) is 0 Å². The van der Waals surface area contributed by atoms with E-state index < -0.39 is 0 Å². The minimum Gasteiger partial charge on any atom is -0.497 e. The highest BCUT2D eigenvalue weighted by Gasteiger charge is 2.15. The first-order valence-corrected chi connectivity index (χ1v) is 9.62. The summed E-state index contributed by atoms with van der Waals surface area (Å²) in [5.41, 5.74) is 2.30. The number of fused-ring (bicyclic) bond motifs is 1. The normalized spacial score (nSPS) is 11.4. The number of carbonyl (C=O) groups excluding carboxylic acids is 1. The quantitative estimate of drug-likeness (QED) is 0.513. The molecule has 4 aromatic rings. The van der Waals surface area contributed by atoms with Crippen molar-refractivity contribution in [3.05, 3.63) is 83.5 Å². The summed E-state index contributed by atoms with van der Waals surface area (Å²) in [6.45, 7) is 1.86. The number of nitrogens with zero attached hydrogens (tertiary/aromatic N) is 2. The van der Waals surface area contributed by atoms with Crippen LogP contribution >= 0.6 is 0 Å². The summed E-state index contributed by atoms with van der Waals surface area (Å²) in [5.74, 6) is 1.20. The van der Waals surface area contributed by atoms with Crippen LogP contribution in [0.1, 0.15) is 16.1 Å². The summed E-state index contributed by atoms with van der Waals surface area (Å²) in [6, 6.07) is 19.8. The molecule has 0 fully saturated rings. The van der Waals surface area contributed by atoms with E-state index in [2.05, 4.69) is 15.3 Å². The lowest BCUT2D eigenvalue weighted by Gasteiger charge is -2.09. The molecule has 156 valence electrons. The highest BCUT2D eigenvalue weighted by molar-refractivity contribution is 6.05. The lowest BCUT2D eigenvalue weighted by molar-refractivity contribution is 0.102. The van der Waals surface area contributed by atoms with E-state index in [1.165, 1.54) is 0 Å². The van der Waals surface area contributed by atoms with Gasteiger partial charge in [0.1, 0.15) is 34.2 Å². The Morgan fingerprint density at radius 2 is 1.84 bits per heavy atom. The molecule has 0 unspecified atom stereocenters. The molecule has 0 atom stereocenters. The van der Waals surface area contributed by atoms with Gasteiger partial charge in [-0.3, -0.25) is 4.79 Å². The number of nitrogens with one attached hydrogen (secondary N) is 1. The Kier molecular flexibility index (Phi) is 5.66. The summed E-state index contributed by atoms with van der Waals surface area (Å²) in [6.07, 6.45) is 0. The third kappa shape index (κ3) is 4.40. The van der Waals surface area contributed by atoms with E-state index in [1.54, 1.807) is 44.6 Å². The van der Waals surface area contributed by atoms with Crippen molar-refractivity contribution in [3.63, 3.8) is 0 Å². The zero-order valence-corrected chi connectivity index (χ0v) is 17.4. The monoisotopic (exact) mass is 415 g/mol. The van der Waals surface area contributed by atoms with Gasteiger partial charge in [0, 0.05) is 17.1 Å². The fourth-order valence-corrected chi connectivity index (χ4v) is 3.10. The molecular weight excluding hydrogens is 394 g/mol. The van der Waals surface area contributed by atoms with Gasteiger partial charge >= 0.3 is 0 Å². The molecule has 4 rings (SSSR count). The summed E-state index contributed by atoms with van der Waals surface area (Å²) in [4.78, 5) is 22.1. The number of hydrogen-bond donors (Lipinski definition) is 1. The first kappa shape index (κ1) is 20.2. The highest BCUT2D eigenvalue weighted by atomic mass is 16.5. The molecular formula is C24H21N3O4. The fraction of sp³-hybridized carbons (Fsp3) is 0.125. The molecule has 0 aliphatic heterocycles. The van der Waals surface area contributed by atoms with Crippen LogP contribution in [-0.2, 0) is 0 Å². The van der Waals surface area contributed by atoms with Crippen LogP contribution in [0, 0.1) is 6.92 Å². The van der Waals surface area contributed by atoms with Crippen molar-refractivity contribution in [3.8, 4) is 11.5 Å². The van der Waals surface area contributed by atoms with Crippen LogP contribution < -0.4 is 20.3 Å². The van der Waals surface area contributed by atoms with Crippen LogP contribution in [0.15, 0.2) is 76.1 Å². The number of para-hydroxylation sites is 1. The Morgan fingerprint density at radius 3 is 2.61 bits per heavy atom. The van der Waals surface area contributed by atoms with Gasteiger partial charge < -0.3 is 19.2 Å². The lowest BCUT2D eigenvalue weighted by Crippen LogP contribution is -2.22. The molecule has 0 aliphatic carbocycles. The average Bonchev–Trinajstić information content (AvgIpc) is 2.78. The predicted molar refractivity (Wildman–Crippen MR) is 118 cm³/mol. The van der Waals surface area contributed by atoms with Crippen molar-refractivity contribution in [2.45, 2.75) is 6.92 Å². The summed E-state index contributed by atoms with van der Waals surface area (Å²) in [5, 5.41) is 3.59. The summed E-state index contributed by atoms with van der Waals surface area (Å²) < 4.78 is 16.7. The Labute approximate surface area is 179 Å². The molecule has 0 bridgehead atoms. The standard InChI is InChI=1S/C24H21N3O4/c1-15-7-6-10-22(25-15)27-23(28)18-13-16-8-4-5-9-20(16)31-24(18)26-19-14-17(29-2)11-12-21(19)30-3/h4-14H,1-3H3,(H,25,27,28). The first-order valence-electron chi connectivity index (χ1n) is 9.62. The van der Waals surface area contributed by atoms with E-state index in [1.807, 2.05) is 43.3 Å². The fourth-order valence-electron chi connectivity index (χ4n) is 3.10. The third-order valence-corrected chi connectivity index (χ3v) is 4.64. The summed E-state index contributed by atoms with van der Waals surface area (Å²) >= 11 is 0. The molecule has 0 radical (unpaired) electrons. The maximum Gasteiger partial charge on any atom is 0.262 e. The summed E-state index contributed by atoms with van der Waals surface area (Å²) in [7, 11) is 3.12. The molecule has 31 heavy (non-hydrogen) atoms. The zero-order valence-electron chi connectivity index (χ0n) is 17.4. The van der Waals surface area contributed by atoms with Gasteiger partial charge in [0.2, 0.25) is 5.55 Å². The van der Waals surface area contributed by atoms with Crippen LogP contribution in [0.4, 0.5) is 11.5 Å². The topological polar surface area (TPSA) is 86.0 Å². The number of pyridine rings is 1. The van der Waals surface area contributed by atoms with Crippen LogP contribution in [0.25, 0.3) is 11.0 Å². The number of benzene rings is 2. The van der Waals surface area contributed by atoms with Crippen molar-refractivity contribution in [1.29, 1.82) is 0 Å². The second-order valence-electron chi connectivity index (χ2n) is 6.77. The lowest BCUT2D eigenvalue weighted by atomic mass is 10.1. The molecule has 7 nitrogen and oxygen atoms in total. The number of ether oxygens (including phenoxy) is 2. The number of amides is 1. The van der Waals surface area contributed by atoms with Crippen molar-refractivity contribution in [2.75, 3.05) is 19.5 Å². The van der Waals surface area contributed by atoms with E-state index in [0.29, 0.717) is 28.6 Å². The SMILES string of the molecule is COc1ccc(OC)c(N=c2oc3ccccc3cc2C(=O)Nc2cccc(C)n2)c1. The van der Waals surface area contributed by atoms with Crippen LogP contribution in [0.3, 0.4) is 0 Å². The van der Waals surface area contributed by atoms with Gasteiger partial charge in [-0.25, -0.2) is 9.98 Å². The molecule has 0 aliphatic rings. The largest absolute Gasteiger partial charge is 0.497 e. The first-order chi connectivity index (χ1) is 15.1. The van der Waals surface area contributed by atoms with Gasteiger partial charge in [0.25, 0.3) is 5.91 Å². The molecule has 2 aromatic heterocycles. The molecule has 0 spiro atoms. The van der Waals surface area contributed by atoms with Gasteiger partial charge in [-0.1, -0.05) is 24.3 Å². The molecule has 2 aromatic carbocycles. The second kappa shape index (κ2) is 8.71. The molecule has 0 saturated carbocycles. The number of carbonyl (C=O) groups is 1. The minimum absolute atomic E-state index is 0.149. The van der Waals surface area contributed by atoms with Crippen molar-refractivity contribution in [2.24, 2.45) is 4.99 Å². The van der Waals surface area contributed by atoms with E-state index in [0.717, 1.165) is 11.1 Å². The minimum atomic E-state index is -0.381. The molecule has 0 saturated heterocycles. The predicted octanol–water partition coefficient (Wildman–Crippen LogP) is 4.64. The zero-order chi connectivity index (χ0) is 21.8. The number of rotatable bonds is 5. The van der Waals surface area contributed by atoms with E-state index in [-0.39, 0.29) is 17.0 Å². The number of hydrogen-bond acceptors (Lipinski definition) is 6. The van der Waals surface area contributed by atoms with Gasteiger partial charge in [-0.15, -0.1) is 0 Å². The van der Waals surface area contributed by atoms with E-state index in [4.69, 9.17) is 13.9 Å². The molecule has 7 heteroatoms. The van der Waals surface area contributed by atoms with Crippen LogP contribution in [-0.4, -0.2) is 25.1 Å². The average molecular weight is 415 g/mol. The van der Waals surface area contributed by atoms with Gasteiger partial charge in [-0.05, 0) is 43.3 Å². The van der Waals surface area contributed by atoms with E-state index >= 15 is 0 Å². The smallest absolute Gasteiger partial charge is 0.262 e. The molecule has 1 amide bonds. The maximum absolute atomic E-state index is 13.1. The van der Waals surface area contributed by atoms with Gasteiger partial charge in [0.05, 0.1) is 14.2 Å². The second-order valence-corrected chi connectivity index (χ2v) is 6.77. The van der Waals surface area contributed by atoms with E-state index in [9.17, 15) is 4.79 Å². The number of aromatic nitrogens is 1. The number of aryl methyl sites for hydroxylation is 1. The molecule has 1 N–H and O–H groups in total. The Hall–Kier alpha value is -4.13. The Bertz CT molecular complexity index is 1330. The van der Waals surface area contributed by atoms with Crippen LogP contribution in [0.2, 0.25) is 0 Å². The van der Waals surface area contributed by atoms with Crippen molar-refractivity contribution >= 4 is 28.4 Å².